The number of nitrogens with zero attached hydrogens (tertiary/aromatic N) is 1. The summed E-state index contributed by atoms with van der Waals surface area (Å²) in [5.74, 6) is 0.593. The highest BCUT2D eigenvalue weighted by Gasteiger charge is 2.12. The Labute approximate surface area is 128 Å². The van der Waals surface area contributed by atoms with E-state index in [0.29, 0.717) is 17.2 Å². The molecule has 0 bridgehead atoms. The zero-order valence-corrected chi connectivity index (χ0v) is 12.4. The zero-order chi connectivity index (χ0) is 15.7. The average molecular weight is 293 g/mol. The molecule has 1 aromatic heterocycles. The zero-order valence-electron chi connectivity index (χ0n) is 12.4. The van der Waals surface area contributed by atoms with Crippen molar-refractivity contribution >= 4 is 17.1 Å². The van der Waals surface area contributed by atoms with E-state index >= 15 is 0 Å². The third kappa shape index (κ3) is 2.63. The van der Waals surface area contributed by atoms with Crippen LogP contribution < -0.4 is 4.74 Å². The summed E-state index contributed by atoms with van der Waals surface area (Å²) in [6.45, 7) is 7.10. The van der Waals surface area contributed by atoms with Crippen molar-refractivity contribution in [3.63, 3.8) is 0 Å². The molecule has 0 atom stereocenters. The molecular weight excluding hydrogens is 278 g/mol. The molecule has 22 heavy (non-hydrogen) atoms. The molecule has 110 valence electrons. The number of aryl methyl sites for hydroxylation is 1. The van der Waals surface area contributed by atoms with Crippen LogP contribution in [0.25, 0.3) is 22.6 Å². The molecule has 0 radical (unpaired) electrons. The van der Waals surface area contributed by atoms with Crippen LogP contribution in [0.2, 0.25) is 0 Å². The van der Waals surface area contributed by atoms with Gasteiger partial charge in [0.1, 0.15) is 11.3 Å². The predicted molar refractivity (Wildman–Crippen MR) is 84.6 cm³/mol. The van der Waals surface area contributed by atoms with Crippen molar-refractivity contribution in [1.29, 1.82) is 0 Å². The maximum absolute atomic E-state index is 11.5. The van der Waals surface area contributed by atoms with E-state index in [-0.39, 0.29) is 0 Å². The second-order valence-corrected chi connectivity index (χ2v) is 5.13. The molecule has 0 aliphatic rings. The van der Waals surface area contributed by atoms with Gasteiger partial charge in [0, 0.05) is 11.1 Å². The van der Waals surface area contributed by atoms with E-state index in [9.17, 15) is 4.79 Å². The molecule has 0 unspecified atom stereocenters. The first-order chi connectivity index (χ1) is 10.5. The van der Waals surface area contributed by atoms with Gasteiger partial charge in [-0.3, -0.25) is 0 Å². The summed E-state index contributed by atoms with van der Waals surface area (Å²) in [4.78, 5) is 16.0. The first kappa shape index (κ1) is 14.1. The largest absolute Gasteiger partial charge is 0.436 e. The smallest absolute Gasteiger partial charge is 0.338 e. The molecule has 0 aliphatic heterocycles. The Morgan fingerprint density at radius 1 is 1.23 bits per heavy atom. The van der Waals surface area contributed by atoms with Crippen molar-refractivity contribution in [3.05, 3.63) is 60.2 Å². The summed E-state index contributed by atoms with van der Waals surface area (Å²) in [5, 5.41) is 0. The maximum Gasteiger partial charge on any atom is 0.338 e. The number of rotatable bonds is 3. The Balaban J connectivity index is 1.95. The maximum atomic E-state index is 11.5. The number of esters is 1. The number of fused-ring (bicyclic) bond motifs is 1. The van der Waals surface area contributed by atoms with Gasteiger partial charge in [-0.1, -0.05) is 18.7 Å². The highest BCUT2D eigenvalue weighted by molar-refractivity contribution is 5.89. The van der Waals surface area contributed by atoms with E-state index in [1.165, 1.54) is 0 Å². The quantitative estimate of drug-likeness (QED) is 0.411. The van der Waals surface area contributed by atoms with Gasteiger partial charge in [-0.2, -0.15) is 0 Å². The van der Waals surface area contributed by atoms with Gasteiger partial charge >= 0.3 is 5.97 Å². The molecule has 3 rings (SSSR count). The molecule has 0 aliphatic carbocycles. The van der Waals surface area contributed by atoms with Crippen molar-refractivity contribution in [2.45, 2.75) is 13.8 Å². The van der Waals surface area contributed by atoms with Crippen LogP contribution in [0.5, 0.6) is 5.75 Å². The molecule has 0 amide bonds. The van der Waals surface area contributed by atoms with E-state index in [1.54, 1.807) is 19.1 Å². The van der Waals surface area contributed by atoms with Crippen molar-refractivity contribution < 1.29 is 13.9 Å². The van der Waals surface area contributed by atoms with Crippen LogP contribution in [0.15, 0.2) is 59.0 Å². The molecule has 0 fully saturated rings. The minimum Gasteiger partial charge on any atom is -0.436 e. The van der Waals surface area contributed by atoms with E-state index in [2.05, 4.69) is 11.6 Å². The van der Waals surface area contributed by atoms with E-state index in [0.717, 1.165) is 22.2 Å². The topological polar surface area (TPSA) is 52.3 Å². The van der Waals surface area contributed by atoms with Gasteiger partial charge in [0.2, 0.25) is 5.89 Å². The second kappa shape index (κ2) is 5.48. The molecule has 4 nitrogen and oxygen atoms in total. The molecule has 0 spiro atoms. The Morgan fingerprint density at radius 3 is 2.68 bits per heavy atom. The number of carbonyl (C=O) groups is 1. The molecule has 0 N–H and O–H groups in total. The molecular formula is C18H15NO3. The molecule has 3 aromatic rings. The molecule has 0 saturated heterocycles. The van der Waals surface area contributed by atoms with Crippen LogP contribution in [-0.4, -0.2) is 11.0 Å². The standard InChI is InChI=1S/C18H15NO3/c1-11(2)18(20)21-13-8-9-14(12(3)10-13)17-19-15-6-4-5-7-16(15)22-17/h4-10H,1H2,2-3H3. The number of carbonyl (C=O) groups excluding carboxylic acids is 1. The summed E-state index contributed by atoms with van der Waals surface area (Å²) in [6, 6.07) is 12.9. The van der Waals surface area contributed by atoms with Crippen LogP contribution in [0.1, 0.15) is 12.5 Å². The third-order valence-corrected chi connectivity index (χ3v) is 3.28. The van der Waals surface area contributed by atoms with Crippen molar-refractivity contribution in [3.8, 4) is 17.2 Å². The van der Waals surface area contributed by atoms with E-state index in [1.807, 2.05) is 37.3 Å². The summed E-state index contributed by atoms with van der Waals surface area (Å²) < 4.78 is 11.0. The summed E-state index contributed by atoms with van der Waals surface area (Å²) >= 11 is 0. The van der Waals surface area contributed by atoms with E-state index in [4.69, 9.17) is 9.15 Å². The predicted octanol–water partition coefficient (Wildman–Crippen LogP) is 4.28. The monoisotopic (exact) mass is 293 g/mol. The fraction of sp³-hybridized carbons (Fsp3) is 0.111. The van der Waals surface area contributed by atoms with Gasteiger partial charge in [0.15, 0.2) is 5.58 Å². The molecule has 0 saturated carbocycles. The first-order valence-electron chi connectivity index (χ1n) is 6.89. The van der Waals surface area contributed by atoms with Crippen molar-refractivity contribution in [2.24, 2.45) is 0 Å². The Kier molecular flexibility index (Phi) is 3.51. The number of ether oxygens (including phenoxy) is 1. The lowest BCUT2D eigenvalue weighted by atomic mass is 10.1. The fourth-order valence-corrected chi connectivity index (χ4v) is 2.12. The molecule has 2 aromatic carbocycles. The van der Waals surface area contributed by atoms with Gasteiger partial charge in [0.05, 0.1) is 0 Å². The van der Waals surface area contributed by atoms with Crippen LogP contribution in [0, 0.1) is 6.92 Å². The van der Waals surface area contributed by atoms with Crippen molar-refractivity contribution in [1.82, 2.24) is 4.98 Å². The van der Waals surface area contributed by atoms with Crippen LogP contribution in [-0.2, 0) is 4.79 Å². The highest BCUT2D eigenvalue weighted by atomic mass is 16.5. The van der Waals surface area contributed by atoms with E-state index < -0.39 is 5.97 Å². The highest BCUT2D eigenvalue weighted by Crippen LogP contribution is 2.29. The number of hydrogen-bond donors (Lipinski definition) is 0. The number of hydrogen-bond acceptors (Lipinski definition) is 4. The lowest BCUT2D eigenvalue weighted by Gasteiger charge is -2.07. The Bertz CT molecular complexity index is 844. The van der Waals surface area contributed by atoms with Crippen LogP contribution in [0.3, 0.4) is 0 Å². The number of para-hydroxylation sites is 2. The molecule has 1 heterocycles. The fourth-order valence-electron chi connectivity index (χ4n) is 2.12. The number of aromatic nitrogens is 1. The average Bonchev–Trinajstić information content (AvgIpc) is 2.90. The Morgan fingerprint density at radius 2 is 2.00 bits per heavy atom. The van der Waals surface area contributed by atoms with Gasteiger partial charge in [-0.05, 0) is 49.7 Å². The van der Waals surface area contributed by atoms with Gasteiger partial charge in [0.25, 0.3) is 0 Å². The summed E-state index contributed by atoms with van der Waals surface area (Å²) in [6.07, 6.45) is 0. The SMILES string of the molecule is C=C(C)C(=O)Oc1ccc(-c2nc3ccccc3o2)c(C)c1. The van der Waals surface area contributed by atoms with Gasteiger partial charge in [-0.15, -0.1) is 0 Å². The number of oxazole rings is 1. The minimum atomic E-state index is -0.436. The van der Waals surface area contributed by atoms with Crippen LogP contribution in [0.4, 0.5) is 0 Å². The first-order valence-corrected chi connectivity index (χ1v) is 6.89. The van der Waals surface area contributed by atoms with Crippen molar-refractivity contribution in [2.75, 3.05) is 0 Å². The van der Waals surface area contributed by atoms with Gasteiger partial charge < -0.3 is 9.15 Å². The second-order valence-electron chi connectivity index (χ2n) is 5.13. The number of benzene rings is 2. The third-order valence-electron chi connectivity index (χ3n) is 3.28. The molecule has 4 heteroatoms. The normalized spacial score (nSPS) is 10.6. The van der Waals surface area contributed by atoms with Crippen LogP contribution >= 0.6 is 0 Å². The van der Waals surface area contributed by atoms with Gasteiger partial charge in [-0.25, -0.2) is 9.78 Å². The lowest BCUT2D eigenvalue weighted by Crippen LogP contribution is -2.08. The Hall–Kier alpha value is -2.88. The summed E-state index contributed by atoms with van der Waals surface area (Å²) in [5.41, 5.74) is 3.70. The minimum absolute atomic E-state index is 0.362. The summed E-state index contributed by atoms with van der Waals surface area (Å²) in [7, 11) is 0. The lowest BCUT2D eigenvalue weighted by molar-refractivity contribution is -0.130.